The Labute approximate surface area is 179 Å². The van der Waals surface area contributed by atoms with E-state index < -0.39 is 35.6 Å². The zero-order valence-electron chi connectivity index (χ0n) is 17.7. The summed E-state index contributed by atoms with van der Waals surface area (Å²) in [5, 5.41) is 14.0. The molecule has 1 aliphatic heterocycles. The first-order chi connectivity index (χ1) is 13.8. The van der Waals surface area contributed by atoms with Gasteiger partial charge in [-0.2, -0.15) is 0 Å². The molecule has 0 spiro atoms. The Morgan fingerprint density at radius 3 is 2.37 bits per heavy atom. The van der Waals surface area contributed by atoms with Gasteiger partial charge in [0, 0.05) is 30.7 Å². The minimum atomic E-state index is -1.40. The maximum atomic E-state index is 12.6. The van der Waals surface area contributed by atoms with Gasteiger partial charge in [0.15, 0.2) is 10.9 Å². The Bertz CT molecular complexity index is 681. The number of ketones is 1. The lowest BCUT2D eigenvalue weighted by Gasteiger charge is -2.45. The zero-order valence-corrected chi connectivity index (χ0v) is 18.6. The first kappa shape index (κ1) is 26.1. The standard InChI is InChI=1S/C19H30N2O8S/c1-12(22)9-15(26)30-8-7-20-13(23)5-6-21-17(27)16-18(2,3)11-28-19(4,29-16)10-14(24)25/h16H,5-11H2,1-4H3,(H,20,23)(H,21,27)(H,24,25)/t16-,19?/m0/s1. The lowest BCUT2D eigenvalue weighted by atomic mass is 9.85. The Balaban J connectivity index is 2.38. The number of carboxylic acids is 1. The summed E-state index contributed by atoms with van der Waals surface area (Å²) in [5.74, 6) is -3.09. The highest BCUT2D eigenvalue weighted by Crippen LogP contribution is 2.36. The summed E-state index contributed by atoms with van der Waals surface area (Å²) in [6.07, 6.45) is -1.42. The van der Waals surface area contributed by atoms with Crippen molar-refractivity contribution in [3.63, 3.8) is 0 Å². The molecule has 2 amide bonds. The molecule has 0 aromatic heterocycles. The largest absolute Gasteiger partial charge is 0.481 e. The van der Waals surface area contributed by atoms with Crippen molar-refractivity contribution in [2.75, 3.05) is 25.4 Å². The quantitative estimate of drug-likeness (QED) is 0.304. The van der Waals surface area contributed by atoms with Crippen molar-refractivity contribution in [1.82, 2.24) is 10.6 Å². The Morgan fingerprint density at radius 2 is 1.77 bits per heavy atom. The fourth-order valence-electron chi connectivity index (χ4n) is 2.72. The number of amides is 2. The Morgan fingerprint density at radius 1 is 1.10 bits per heavy atom. The van der Waals surface area contributed by atoms with Gasteiger partial charge in [-0.25, -0.2) is 0 Å². The van der Waals surface area contributed by atoms with E-state index in [1.807, 2.05) is 0 Å². The minimum absolute atomic E-state index is 0.0356. The first-order valence-corrected chi connectivity index (χ1v) is 10.6. The van der Waals surface area contributed by atoms with Crippen molar-refractivity contribution in [3.8, 4) is 0 Å². The molecule has 170 valence electrons. The third-order valence-electron chi connectivity index (χ3n) is 4.27. The number of carbonyl (C=O) groups is 5. The van der Waals surface area contributed by atoms with Crippen molar-refractivity contribution in [1.29, 1.82) is 0 Å². The van der Waals surface area contributed by atoms with Crippen LogP contribution < -0.4 is 10.6 Å². The summed E-state index contributed by atoms with van der Waals surface area (Å²) in [4.78, 5) is 57.6. The second-order valence-corrected chi connectivity index (χ2v) is 9.12. The summed E-state index contributed by atoms with van der Waals surface area (Å²) < 4.78 is 11.2. The van der Waals surface area contributed by atoms with Crippen molar-refractivity contribution in [2.45, 2.75) is 58.8 Å². The zero-order chi connectivity index (χ0) is 22.9. The molecule has 2 atom stereocenters. The number of nitrogens with one attached hydrogen (secondary N) is 2. The highest BCUT2D eigenvalue weighted by molar-refractivity contribution is 8.13. The summed E-state index contributed by atoms with van der Waals surface area (Å²) in [6.45, 7) is 6.86. The van der Waals surface area contributed by atoms with Crippen LogP contribution in [0.1, 0.15) is 47.0 Å². The maximum absolute atomic E-state index is 12.6. The molecule has 10 nitrogen and oxygen atoms in total. The van der Waals surface area contributed by atoms with E-state index in [2.05, 4.69) is 10.6 Å². The van der Waals surface area contributed by atoms with E-state index in [1.165, 1.54) is 13.8 Å². The van der Waals surface area contributed by atoms with E-state index in [0.29, 0.717) is 5.75 Å². The summed E-state index contributed by atoms with van der Waals surface area (Å²) in [6, 6.07) is 0. The fraction of sp³-hybridized carbons (Fsp3) is 0.737. The van der Waals surface area contributed by atoms with Gasteiger partial charge in [-0.05, 0) is 13.8 Å². The van der Waals surface area contributed by atoms with E-state index in [1.54, 1.807) is 13.8 Å². The van der Waals surface area contributed by atoms with Gasteiger partial charge in [-0.15, -0.1) is 0 Å². The Kier molecular flexibility index (Phi) is 9.92. The maximum Gasteiger partial charge on any atom is 0.308 e. The number of thioether (sulfide) groups is 1. The smallest absolute Gasteiger partial charge is 0.308 e. The number of carbonyl (C=O) groups excluding carboxylic acids is 4. The molecule has 11 heteroatoms. The van der Waals surface area contributed by atoms with Crippen LogP contribution in [0.5, 0.6) is 0 Å². The minimum Gasteiger partial charge on any atom is -0.481 e. The molecule has 0 saturated carbocycles. The van der Waals surface area contributed by atoms with Gasteiger partial charge in [0.1, 0.15) is 11.9 Å². The van der Waals surface area contributed by atoms with E-state index >= 15 is 0 Å². The Hall–Kier alpha value is -1.98. The molecule has 3 N–H and O–H groups in total. The van der Waals surface area contributed by atoms with E-state index in [-0.39, 0.29) is 49.3 Å². The third kappa shape index (κ3) is 9.23. The molecule has 0 aromatic carbocycles. The molecule has 30 heavy (non-hydrogen) atoms. The van der Waals surface area contributed by atoms with Crippen LogP contribution in [0.4, 0.5) is 0 Å². The SMILES string of the molecule is CC(=O)CC(=O)SCCNC(=O)CCNC(=O)[C@@H]1OC(C)(CC(=O)O)OCC1(C)C. The van der Waals surface area contributed by atoms with E-state index in [9.17, 15) is 24.0 Å². The molecule has 1 aliphatic rings. The van der Waals surface area contributed by atoms with Crippen molar-refractivity contribution in [3.05, 3.63) is 0 Å². The highest BCUT2D eigenvalue weighted by Gasteiger charge is 2.48. The van der Waals surface area contributed by atoms with Crippen LogP contribution >= 0.6 is 11.8 Å². The van der Waals surface area contributed by atoms with E-state index in [0.717, 1.165) is 11.8 Å². The fourth-order valence-corrected chi connectivity index (χ4v) is 3.46. The molecule has 1 rings (SSSR count). The molecule has 1 saturated heterocycles. The number of hydrogen-bond donors (Lipinski definition) is 3. The van der Waals surface area contributed by atoms with Crippen molar-refractivity contribution >= 4 is 40.4 Å². The molecule has 1 fully saturated rings. The first-order valence-electron chi connectivity index (χ1n) is 9.58. The number of Topliss-reactive ketones (excluding diaryl/α,β-unsaturated/α-hetero) is 1. The molecule has 0 radical (unpaired) electrons. The van der Waals surface area contributed by atoms with Crippen LogP contribution in [0.15, 0.2) is 0 Å². The van der Waals surface area contributed by atoms with Crippen LogP contribution in [-0.2, 0) is 33.4 Å². The van der Waals surface area contributed by atoms with Gasteiger partial charge in [0.05, 0.1) is 19.4 Å². The highest BCUT2D eigenvalue weighted by atomic mass is 32.2. The average molecular weight is 447 g/mol. The second kappa shape index (κ2) is 11.4. The summed E-state index contributed by atoms with van der Waals surface area (Å²) >= 11 is 0.984. The van der Waals surface area contributed by atoms with Crippen LogP contribution in [0, 0.1) is 5.41 Å². The molecule has 0 bridgehead atoms. The predicted molar refractivity (Wildman–Crippen MR) is 109 cm³/mol. The van der Waals surface area contributed by atoms with Gasteiger partial charge in [-0.3, -0.25) is 24.0 Å². The van der Waals surface area contributed by atoms with Gasteiger partial charge in [-0.1, -0.05) is 25.6 Å². The monoisotopic (exact) mass is 446 g/mol. The molecule has 1 heterocycles. The number of aliphatic carboxylic acids is 1. The van der Waals surface area contributed by atoms with Crippen LogP contribution in [0.3, 0.4) is 0 Å². The van der Waals surface area contributed by atoms with Crippen LogP contribution in [0.25, 0.3) is 0 Å². The average Bonchev–Trinajstić information content (AvgIpc) is 2.60. The summed E-state index contributed by atoms with van der Waals surface area (Å²) in [7, 11) is 0. The van der Waals surface area contributed by atoms with Gasteiger partial charge in [0.25, 0.3) is 0 Å². The van der Waals surface area contributed by atoms with Crippen LogP contribution in [0.2, 0.25) is 0 Å². The molecule has 0 aromatic rings. The molecule has 0 aliphatic carbocycles. The normalized spacial score (nSPS) is 22.7. The van der Waals surface area contributed by atoms with Gasteiger partial charge in [0.2, 0.25) is 11.8 Å². The van der Waals surface area contributed by atoms with Crippen molar-refractivity contribution < 1.29 is 38.6 Å². The number of carboxylic acid groups (broad SMARTS) is 1. The second-order valence-electron chi connectivity index (χ2n) is 7.97. The van der Waals surface area contributed by atoms with Crippen LogP contribution in [-0.4, -0.2) is 71.1 Å². The van der Waals surface area contributed by atoms with Gasteiger partial charge >= 0.3 is 5.97 Å². The predicted octanol–water partition coefficient (Wildman–Crippen LogP) is 0.480. The lowest BCUT2D eigenvalue weighted by molar-refractivity contribution is -0.313. The molecule has 1 unspecified atom stereocenters. The topological polar surface area (TPSA) is 148 Å². The number of ether oxygens (including phenoxy) is 2. The van der Waals surface area contributed by atoms with Crippen molar-refractivity contribution in [2.24, 2.45) is 5.41 Å². The molecular formula is C19H30N2O8S. The third-order valence-corrected chi connectivity index (χ3v) is 5.14. The summed E-state index contributed by atoms with van der Waals surface area (Å²) in [5.41, 5.74) is -0.673. The number of rotatable bonds is 11. The number of hydrogen-bond acceptors (Lipinski definition) is 8. The van der Waals surface area contributed by atoms with Gasteiger partial charge < -0.3 is 25.2 Å². The van der Waals surface area contributed by atoms with E-state index in [4.69, 9.17) is 14.6 Å². The lowest BCUT2D eigenvalue weighted by Crippen LogP contribution is -2.58. The molecular weight excluding hydrogens is 416 g/mol.